The molecule has 2 atom stereocenters. The van der Waals surface area contributed by atoms with E-state index >= 15 is 0 Å². The van der Waals surface area contributed by atoms with E-state index in [1.807, 2.05) is 28.1 Å². The smallest absolute Gasteiger partial charge is 0.219 e. The van der Waals surface area contributed by atoms with Crippen molar-refractivity contribution < 1.29 is 19.0 Å². The summed E-state index contributed by atoms with van der Waals surface area (Å²) in [6.45, 7) is 6.27. The van der Waals surface area contributed by atoms with Crippen LogP contribution in [0.1, 0.15) is 31.7 Å². The van der Waals surface area contributed by atoms with Gasteiger partial charge >= 0.3 is 0 Å². The Labute approximate surface area is 205 Å². The first-order chi connectivity index (χ1) is 17.0. The highest BCUT2D eigenvalue weighted by molar-refractivity contribution is 6.00. The van der Waals surface area contributed by atoms with Gasteiger partial charge in [0.15, 0.2) is 0 Å². The SMILES string of the molecule is CC(=O)N1CCN(CCC[C@]2(c3ccccc3)C(CCO)=NN3c4cc(F)ccc4OCC32)CC1. The molecule has 186 valence electrons. The Morgan fingerprint density at radius 2 is 1.94 bits per heavy atom. The number of hydrazone groups is 1. The second-order valence-corrected chi connectivity index (χ2v) is 9.59. The number of nitrogens with zero attached hydrogens (tertiary/aromatic N) is 4. The number of carbonyl (C=O) groups excluding carboxylic acids is 1. The number of aliphatic hydroxyl groups is 1. The Morgan fingerprint density at radius 1 is 1.17 bits per heavy atom. The van der Waals surface area contributed by atoms with E-state index < -0.39 is 5.41 Å². The number of fused-ring (bicyclic) bond motifs is 3. The maximum absolute atomic E-state index is 14.2. The summed E-state index contributed by atoms with van der Waals surface area (Å²) in [5, 5.41) is 16.9. The van der Waals surface area contributed by atoms with Crippen LogP contribution < -0.4 is 9.75 Å². The first-order valence-corrected chi connectivity index (χ1v) is 12.5. The number of amides is 1. The minimum Gasteiger partial charge on any atom is -0.489 e. The van der Waals surface area contributed by atoms with Crippen LogP contribution in [0.15, 0.2) is 53.6 Å². The zero-order valence-corrected chi connectivity index (χ0v) is 20.2. The van der Waals surface area contributed by atoms with E-state index in [-0.39, 0.29) is 24.4 Å². The third-order valence-corrected chi connectivity index (χ3v) is 7.67. The summed E-state index contributed by atoms with van der Waals surface area (Å²) in [4.78, 5) is 16.0. The summed E-state index contributed by atoms with van der Waals surface area (Å²) in [6.07, 6.45) is 2.21. The van der Waals surface area contributed by atoms with Crippen LogP contribution in [0.2, 0.25) is 0 Å². The number of anilines is 1. The van der Waals surface area contributed by atoms with Crippen molar-refractivity contribution in [2.24, 2.45) is 5.10 Å². The first-order valence-electron chi connectivity index (χ1n) is 12.5. The molecule has 1 amide bonds. The van der Waals surface area contributed by atoms with Crippen LogP contribution in [0.4, 0.5) is 10.1 Å². The summed E-state index contributed by atoms with van der Waals surface area (Å²) in [7, 11) is 0. The minimum atomic E-state index is -0.449. The van der Waals surface area contributed by atoms with E-state index in [1.54, 1.807) is 13.0 Å². The zero-order chi connectivity index (χ0) is 24.4. The molecule has 8 heteroatoms. The fourth-order valence-corrected chi connectivity index (χ4v) is 5.88. The third-order valence-electron chi connectivity index (χ3n) is 7.67. The monoisotopic (exact) mass is 480 g/mol. The number of ether oxygens (including phenoxy) is 1. The number of halogens is 1. The third kappa shape index (κ3) is 4.41. The Kier molecular flexibility index (Phi) is 6.75. The van der Waals surface area contributed by atoms with Gasteiger partial charge in [-0.1, -0.05) is 30.3 Å². The predicted molar refractivity (Wildman–Crippen MR) is 133 cm³/mol. The molecule has 2 aromatic rings. The topological polar surface area (TPSA) is 68.6 Å². The highest BCUT2D eigenvalue weighted by atomic mass is 19.1. The summed E-state index contributed by atoms with van der Waals surface area (Å²) in [5.41, 5.74) is 2.24. The highest BCUT2D eigenvalue weighted by Crippen LogP contribution is 2.49. The van der Waals surface area contributed by atoms with Crippen LogP contribution >= 0.6 is 0 Å². The van der Waals surface area contributed by atoms with Gasteiger partial charge in [0, 0.05) is 52.2 Å². The number of aliphatic hydroxyl groups excluding tert-OH is 1. The molecule has 5 rings (SSSR count). The highest BCUT2D eigenvalue weighted by Gasteiger charge is 2.54. The number of carbonyl (C=O) groups is 1. The molecule has 3 aliphatic heterocycles. The molecule has 0 aromatic heterocycles. The number of hydrogen-bond donors (Lipinski definition) is 1. The number of benzene rings is 2. The lowest BCUT2D eigenvalue weighted by molar-refractivity contribution is -0.130. The average molecular weight is 481 g/mol. The van der Waals surface area contributed by atoms with Gasteiger partial charge in [-0.25, -0.2) is 4.39 Å². The van der Waals surface area contributed by atoms with Gasteiger partial charge in [-0.05, 0) is 37.1 Å². The van der Waals surface area contributed by atoms with Crippen molar-refractivity contribution >= 4 is 17.3 Å². The number of rotatable bonds is 7. The zero-order valence-electron chi connectivity index (χ0n) is 20.2. The van der Waals surface area contributed by atoms with Crippen LogP contribution in [0, 0.1) is 5.82 Å². The number of piperazine rings is 1. The average Bonchev–Trinajstić information content (AvgIpc) is 3.19. The van der Waals surface area contributed by atoms with Gasteiger partial charge in [-0.15, -0.1) is 0 Å². The van der Waals surface area contributed by atoms with Gasteiger partial charge in [0.25, 0.3) is 0 Å². The summed E-state index contributed by atoms with van der Waals surface area (Å²) < 4.78 is 20.3. The molecule has 1 unspecified atom stereocenters. The van der Waals surface area contributed by atoms with Crippen molar-refractivity contribution in [3.8, 4) is 5.75 Å². The standard InChI is InChI=1S/C27H33FN4O3/c1-20(34)31-15-13-30(14-16-31)12-5-11-27(21-6-3-2-4-7-21)25(10-17-33)29-32-23-18-22(28)8-9-24(23)35-19-26(27)32/h2-4,6-9,18,26,33H,5,10-17,19H2,1H3/t26?,27-/m0/s1. The molecular weight excluding hydrogens is 447 g/mol. The number of hydrogen-bond acceptors (Lipinski definition) is 6. The molecular formula is C27H33FN4O3. The fraction of sp³-hybridized carbons (Fsp3) is 0.481. The second-order valence-electron chi connectivity index (χ2n) is 9.59. The second kappa shape index (κ2) is 9.95. The van der Waals surface area contributed by atoms with E-state index in [1.165, 1.54) is 12.1 Å². The molecule has 0 bridgehead atoms. The van der Waals surface area contributed by atoms with Gasteiger partial charge in [0.1, 0.15) is 29.9 Å². The summed E-state index contributed by atoms with van der Waals surface area (Å²) in [5.74, 6) is 0.438. The maximum Gasteiger partial charge on any atom is 0.219 e. The van der Waals surface area contributed by atoms with Crippen molar-refractivity contribution in [3.63, 3.8) is 0 Å². The Morgan fingerprint density at radius 3 is 2.66 bits per heavy atom. The molecule has 0 radical (unpaired) electrons. The predicted octanol–water partition coefficient (Wildman–Crippen LogP) is 3.03. The minimum absolute atomic E-state index is 0.00213. The fourth-order valence-electron chi connectivity index (χ4n) is 5.88. The lowest BCUT2D eigenvalue weighted by atomic mass is 9.67. The normalized spacial score (nSPS) is 24.0. The van der Waals surface area contributed by atoms with Crippen LogP contribution in [0.25, 0.3) is 0 Å². The molecule has 2 aromatic carbocycles. The molecule has 1 fully saturated rings. The Bertz CT molecular complexity index is 1090. The molecule has 3 aliphatic rings. The van der Waals surface area contributed by atoms with Gasteiger partial charge in [0.2, 0.25) is 5.91 Å². The Balaban J connectivity index is 1.43. The van der Waals surface area contributed by atoms with Crippen LogP contribution in [0.5, 0.6) is 5.75 Å². The van der Waals surface area contributed by atoms with E-state index in [0.29, 0.717) is 24.5 Å². The van der Waals surface area contributed by atoms with Crippen molar-refractivity contribution in [2.75, 3.05) is 50.9 Å². The molecule has 35 heavy (non-hydrogen) atoms. The molecule has 0 aliphatic carbocycles. The van der Waals surface area contributed by atoms with E-state index in [0.717, 1.165) is 56.8 Å². The molecule has 3 heterocycles. The van der Waals surface area contributed by atoms with Crippen LogP contribution in [-0.2, 0) is 10.2 Å². The van der Waals surface area contributed by atoms with Gasteiger partial charge < -0.3 is 14.7 Å². The quantitative estimate of drug-likeness (QED) is 0.660. The van der Waals surface area contributed by atoms with E-state index in [2.05, 4.69) is 17.0 Å². The Hall–Kier alpha value is -2.97. The van der Waals surface area contributed by atoms with Gasteiger partial charge in [-0.2, -0.15) is 5.10 Å². The largest absolute Gasteiger partial charge is 0.489 e. The van der Waals surface area contributed by atoms with E-state index in [9.17, 15) is 14.3 Å². The van der Waals surface area contributed by atoms with Crippen molar-refractivity contribution in [1.29, 1.82) is 0 Å². The first kappa shape index (κ1) is 23.8. The summed E-state index contributed by atoms with van der Waals surface area (Å²) in [6, 6.07) is 14.8. The molecule has 0 saturated carbocycles. The summed E-state index contributed by atoms with van der Waals surface area (Å²) >= 11 is 0. The van der Waals surface area contributed by atoms with Gasteiger partial charge in [0.05, 0.1) is 11.1 Å². The molecule has 0 spiro atoms. The molecule has 1 N–H and O–H groups in total. The van der Waals surface area contributed by atoms with Crippen molar-refractivity contribution in [2.45, 2.75) is 37.6 Å². The van der Waals surface area contributed by atoms with Crippen molar-refractivity contribution in [1.82, 2.24) is 9.80 Å². The lowest BCUT2D eigenvalue weighted by Gasteiger charge is -2.42. The lowest BCUT2D eigenvalue weighted by Crippen LogP contribution is -2.53. The molecule has 1 saturated heterocycles. The van der Waals surface area contributed by atoms with Gasteiger partial charge in [-0.3, -0.25) is 14.7 Å². The maximum atomic E-state index is 14.2. The molecule has 7 nitrogen and oxygen atoms in total. The van der Waals surface area contributed by atoms with Crippen molar-refractivity contribution in [3.05, 3.63) is 59.9 Å². The van der Waals surface area contributed by atoms with Crippen LogP contribution in [-0.4, -0.2) is 78.5 Å². The van der Waals surface area contributed by atoms with E-state index in [4.69, 9.17) is 9.84 Å². The van der Waals surface area contributed by atoms with Crippen LogP contribution in [0.3, 0.4) is 0 Å².